The van der Waals surface area contributed by atoms with Crippen molar-refractivity contribution in [1.29, 1.82) is 0 Å². The van der Waals surface area contributed by atoms with E-state index in [-0.39, 0.29) is 6.61 Å². The van der Waals surface area contributed by atoms with Crippen LogP contribution in [0.3, 0.4) is 0 Å². The quantitative estimate of drug-likeness (QED) is 0.280. The second-order valence-electron chi connectivity index (χ2n) is 9.01. The maximum Gasteiger partial charge on any atom is 0.311 e. The van der Waals surface area contributed by atoms with Crippen LogP contribution in [0.4, 0.5) is 0 Å². The normalized spacial score (nSPS) is 12.9. The molecule has 8 heteroatoms. The summed E-state index contributed by atoms with van der Waals surface area (Å²) in [6, 6.07) is 20.8. The van der Waals surface area contributed by atoms with E-state index in [9.17, 15) is 9.59 Å². The van der Waals surface area contributed by atoms with Gasteiger partial charge in [0.2, 0.25) is 0 Å². The molecule has 3 aromatic carbocycles. The van der Waals surface area contributed by atoms with Crippen LogP contribution < -0.4 is 10.1 Å². The summed E-state index contributed by atoms with van der Waals surface area (Å²) in [7, 11) is 0. The number of carbonyl (C=O) groups is 2. The average molecular weight is 549 g/mol. The van der Waals surface area contributed by atoms with Gasteiger partial charge in [0.15, 0.2) is 5.60 Å². The first-order valence-electron chi connectivity index (χ1n) is 11.4. The van der Waals surface area contributed by atoms with E-state index < -0.39 is 29.4 Å². The molecule has 0 aliphatic carbocycles. The highest BCUT2D eigenvalue weighted by Crippen LogP contribution is 2.27. The molecule has 0 bridgehead atoms. The van der Waals surface area contributed by atoms with Gasteiger partial charge in [-0.3, -0.25) is 9.59 Å². The average Bonchev–Trinajstić information content (AvgIpc) is 2.81. The molecule has 1 amide bonds. The maximum atomic E-state index is 13.2. The van der Waals surface area contributed by atoms with Crippen LogP contribution in [0.2, 0.25) is 15.1 Å². The third kappa shape index (κ3) is 8.16. The third-order valence-electron chi connectivity index (χ3n) is 5.61. The molecule has 2 unspecified atom stereocenters. The maximum absolute atomic E-state index is 13.2. The fourth-order valence-electron chi connectivity index (χ4n) is 3.58. The standard InChI is InChI=1S/C28H28Cl3NO4/c1-18(32-27(34)28(2,3)36-24-15-22(30)14-23(31)16-24)25(13-19-9-11-21(29)12-10-19)26(33)35-17-20-7-5-4-6-8-20/h4-12,14-16,18,25H,13,17H2,1-3H3,(H,32,34). The van der Waals surface area contributed by atoms with E-state index in [2.05, 4.69) is 5.32 Å². The van der Waals surface area contributed by atoms with Crippen molar-refractivity contribution >= 4 is 46.7 Å². The number of nitrogens with one attached hydrogen (secondary N) is 1. The van der Waals surface area contributed by atoms with Crippen LogP contribution in [0.25, 0.3) is 0 Å². The summed E-state index contributed by atoms with van der Waals surface area (Å²) in [5.41, 5.74) is 0.509. The summed E-state index contributed by atoms with van der Waals surface area (Å²) in [6.45, 7) is 5.17. The number of hydrogen-bond donors (Lipinski definition) is 1. The van der Waals surface area contributed by atoms with Gasteiger partial charge in [0.1, 0.15) is 12.4 Å². The highest BCUT2D eigenvalue weighted by atomic mass is 35.5. The van der Waals surface area contributed by atoms with Gasteiger partial charge in [-0.15, -0.1) is 0 Å². The Labute approximate surface area is 226 Å². The molecule has 3 aromatic rings. The minimum absolute atomic E-state index is 0.140. The van der Waals surface area contributed by atoms with Gasteiger partial charge in [-0.2, -0.15) is 0 Å². The lowest BCUT2D eigenvalue weighted by atomic mass is 9.92. The van der Waals surface area contributed by atoms with Gasteiger partial charge in [0.05, 0.1) is 5.92 Å². The topological polar surface area (TPSA) is 64.6 Å². The number of carbonyl (C=O) groups excluding carboxylic acids is 2. The van der Waals surface area contributed by atoms with Crippen molar-refractivity contribution in [3.05, 3.63) is 99.0 Å². The summed E-state index contributed by atoms with van der Waals surface area (Å²) in [5, 5.41) is 4.31. The summed E-state index contributed by atoms with van der Waals surface area (Å²) < 4.78 is 11.5. The number of hydrogen-bond acceptors (Lipinski definition) is 4. The van der Waals surface area contributed by atoms with Crippen LogP contribution in [-0.2, 0) is 27.4 Å². The zero-order valence-electron chi connectivity index (χ0n) is 20.3. The summed E-state index contributed by atoms with van der Waals surface area (Å²) in [5.74, 6) is -1.10. The molecule has 0 fully saturated rings. The summed E-state index contributed by atoms with van der Waals surface area (Å²) in [4.78, 5) is 26.3. The van der Waals surface area contributed by atoms with Crippen LogP contribution >= 0.6 is 34.8 Å². The Morgan fingerprint density at radius 1 is 0.861 bits per heavy atom. The van der Waals surface area contributed by atoms with Crippen LogP contribution in [0.5, 0.6) is 5.75 Å². The molecular weight excluding hydrogens is 521 g/mol. The third-order valence-corrected chi connectivity index (χ3v) is 6.30. The lowest BCUT2D eigenvalue weighted by molar-refractivity contribution is -0.151. The summed E-state index contributed by atoms with van der Waals surface area (Å²) in [6.07, 6.45) is 0.359. The van der Waals surface area contributed by atoms with Gasteiger partial charge in [0.25, 0.3) is 5.91 Å². The van der Waals surface area contributed by atoms with Crippen molar-refractivity contribution in [3.63, 3.8) is 0 Å². The number of amides is 1. The van der Waals surface area contributed by atoms with E-state index in [4.69, 9.17) is 44.3 Å². The Kier molecular flexibility index (Phi) is 9.66. The first kappa shape index (κ1) is 27.9. The molecule has 2 atom stereocenters. The first-order chi connectivity index (χ1) is 17.0. The van der Waals surface area contributed by atoms with Crippen LogP contribution in [0.15, 0.2) is 72.8 Å². The number of benzene rings is 3. The van der Waals surface area contributed by atoms with Gasteiger partial charge in [0, 0.05) is 21.1 Å². The zero-order valence-corrected chi connectivity index (χ0v) is 22.5. The SMILES string of the molecule is CC(NC(=O)C(C)(C)Oc1cc(Cl)cc(Cl)c1)C(Cc1ccc(Cl)cc1)C(=O)OCc1ccccc1. The second kappa shape index (κ2) is 12.5. The van der Waals surface area contributed by atoms with Gasteiger partial charge < -0.3 is 14.8 Å². The Hall–Kier alpha value is -2.73. The van der Waals surface area contributed by atoms with E-state index in [1.54, 1.807) is 51.1 Å². The zero-order chi connectivity index (χ0) is 26.3. The number of esters is 1. The molecule has 0 radical (unpaired) electrons. The molecule has 3 rings (SSSR count). The second-order valence-corrected chi connectivity index (χ2v) is 10.3. The van der Waals surface area contributed by atoms with Gasteiger partial charge >= 0.3 is 5.97 Å². The number of ether oxygens (including phenoxy) is 2. The molecule has 190 valence electrons. The smallest absolute Gasteiger partial charge is 0.311 e. The van der Waals surface area contributed by atoms with Crippen molar-refractivity contribution in [2.45, 2.75) is 45.4 Å². The molecule has 36 heavy (non-hydrogen) atoms. The number of halogens is 3. The predicted molar refractivity (Wildman–Crippen MR) is 144 cm³/mol. The molecule has 0 saturated heterocycles. The van der Waals surface area contributed by atoms with E-state index in [0.29, 0.717) is 27.2 Å². The Morgan fingerprint density at radius 3 is 2.08 bits per heavy atom. The van der Waals surface area contributed by atoms with E-state index in [1.165, 1.54) is 0 Å². The van der Waals surface area contributed by atoms with Crippen molar-refractivity contribution in [2.24, 2.45) is 5.92 Å². The highest BCUT2D eigenvalue weighted by Gasteiger charge is 2.35. The minimum Gasteiger partial charge on any atom is -0.478 e. The predicted octanol–water partition coefficient (Wildman–Crippen LogP) is 6.91. The van der Waals surface area contributed by atoms with E-state index in [0.717, 1.165) is 11.1 Å². The lowest BCUT2D eigenvalue weighted by Gasteiger charge is -2.30. The highest BCUT2D eigenvalue weighted by molar-refractivity contribution is 6.34. The van der Waals surface area contributed by atoms with Gasteiger partial charge in [-0.25, -0.2) is 0 Å². The minimum atomic E-state index is -1.26. The molecule has 0 heterocycles. The monoisotopic (exact) mass is 547 g/mol. The fourth-order valence-corrected chi connectivity index (χ4v) is 4.22. The Bertz CT molecular complexity index is 1160. The number of rotatable bonds is 10. The van der Waals surface area contributed by atoms with Crippen molar-refractivity contribution in [1.82, 2.24) is 5.32 Å². The molecule has 0 aliphatic heterocycles. The van der Waals surface area contributed by atoms with Crippen LogP contribution in [0.1, 0.15) is 31.9 Å². The molecule has 5 nitrogen and oxygen atoms in total. The lowest BCUT2D eigenvalue weighted by Crippen LogP contribution is -2.52. The van der Waals surface area contributed by atoms with Crippen molar-refractivity contribution in [2.75, 3.05) is 0 Å². The Morgan fingerprint density at radius 2 is 1.47 bits per heavy atom. The Balaban J connectivity index is 1.73. The molecule has 1 N–H and O–H groups in total. The molecule has 0 aliphatic rings. The first-order valence-corrected chi connectivity index (χ1v) is 12.6. The van der Waals surface area contributed by atoms with Gasteiger partial charge in [-0.05, 0) is 68.7 Å². The van der Waals surface area contributed by atoms with E-state index >= 15 is 0 Å². The summed E-state index contributed by atoms with van der Waals surface area (Å²) >= 11 is 18.1. The van der Waals surface area contributed by atoms with E-state index in [1.807, 2.05) is 42.5 Å². The largest absolute Gasteiger partial charge is 0.478 e. The molecular formula is C28H28Cl3NO4. The van der Waals surface area contributed by atoms with Crippen LogP contribution in [-0.4, -0.2) is 23.5 Å². The van der Waals surface area contributed by atoms with Crippen molar-refractivity contribution < 1.29 is 19.1 Å². The fraction of sp³-hybridized carbons (Fsp3) is 0.286. The van der Waals surface area contributed by atoms with Gasteiger partial charge in [-0.1, -0.05) is 77.3 Å². The van der Waals surface area contributed by atoms with Crippen molar-refractivity contribution in [3.8, 4) is 5.75 Å². The molecule has 0 aromatic heterocycles. The van der Waals surface area contributed by atoms with Crippen LogP contribution in [0, 0.1) is 5.92 Å². The molecule has 0 saturated carbocycles. The molecule has 0 spiro atoms.